The summed E-state index contributed by atoms with van der Waals surface area (Å²) in [6.45, 7) is 1.07. The van der Waals surface area contributed by atoms with Gasteiger partial charge in [-0.1, -0.05) is 18.2 Å². The zero-order valence-electron chi connectivity index (χ0n) is 16.6. The van der Waals surface area contributed by atoms with Gasteiger partial charge in [0.15, 0.2) is 24.6 Å². The number of fused-ring (bicyclic) bond motifs is 1. The number of likely N-dealkylation sites (N-methyl/N-ethyl adjacent to an activating group) is 1. The van der Waals surface area contributed by atoms with Crippen molar-refractivity contribution in [2.45, 2.75) is 6.10 Å². The molecule has 0 saturated heterocycles. The van der Waals surface area contributed by atoms with Crippen LogP contribution < -0.4 is 29.7 Å². The maximum Gasteiger partial charge on any atom is 0.279 e. The van der Waals surface area contributed by atoms with Gasteiger partial charge in [0, 0.05) is 11.8 Å². The Balaban J connectivity index is 1.38. The lowest BCUT2D eigenvalue weighted by Gasteiger charge is -2.26. The number of para-hydroxylation sites is 2. The van der Waals surface area contributed by atoms with E-state index in [1.807, 2.05) is 24.3 Å². The van der Waals surface area contributed by atoms with Gasteiger partial charge in [0.25, 0.3) is 11.8 Å². The number of benzene rings is 2. The first-order chi connectivity index (χ1) is 14.0. The molecule has 0 aliphatic carbocycles. The predicted octanol–water partition coefficient (Wildman–Crippen LogP) is 0.105. The number of hydrogen-bond acceptors (Lipinski definition) is 5. The molecule has 0 radical (unpaired) electrons. The molecule has 2 aromatic carbocycles. The van der Waals surface area contributed by atoms with Crippen LogP contribution in [0.1, 0.15) is 0 Å². The van der Waals surface area contributed by atoms with Gasteiger partial charge < -0.3 is 29.7 Å². The summed E-state index contributed by atoms with van der Waals surface area (Å²) >= 11 is 0. The average Bonchev–Trinajstić information content (AvgIpc) is 2.72. The summed E-state index contributed by atoms with van der Waals surface area (Å²) in [5, 5.41) is 5.64. The van der Waals surface area contributed by atoms with E-state index in [1.165, 1.54) is 0 Å². The Kier molecular flexibility index (Phi) is 6.91. The molecule has 0 spiro atoms. The summed E-state index contributed by atoms with van der Waals surface area (Å²) < 4.78 is 16.6. The van der Waals surface area contributed by atoms with Crippen LogP contribution in [-0.2, 0) is 9.59 Å². The fourth-order valence-corrected chi connectivity index (χ4v) is 2.97. The summed E-state index contributed by atoms with van der Waals surface area (Å²) in [5.74, 6) is 1.72. The summed E-state index contributed by atoms with van der Waals surface area (Å²) in [6.07, 6.45) is -0.245. The summed E-state index contributed by atoms with van der Waals surface area (Å²) in [4.78, 5) is 25.1. The molecule has 2 amide bonds. The standard InChI is InChI=1S/C21H25N3O5/c1-24(13-21(26)23-15-6-5-7-16(10-15)27-2)12-20(25)22-11-17-14-28-18-8-3-4-9-19(18)29-17/h3-10,17H,11-14H2,1-2H3,(H,22,25)(H,23,26)/p+1/t17-/m0/s1. The van der Waals surface area contributed by atoms with Gasteiger partial charge in [-0.3, -0.25) is 9.59 Å². The van der Waals surface area contributed by atoms with Gasteiger partial charge in [-0.05, 0) is 24.3 Å². The molecule has 1 aliphatic rings. The number of carbonyl (C=O) groups excluding carboxylic acids is 2. The molecule has 3 N–H and O–H groups in total. The van der Waals surface area contributed by atoms with E-state index in [0.29, 0.717) is 36.1 Å². The van der Waals surface area contributed by atoms with E-state index < -0.39 is 0 Å². The maximum absolute atomic E-state index is 12.2. The monoisotopic (exact) mass is 400 g/mol. The smallest absolute Gasteiger partial charge is 0.279 e. The van der Waals surface area contributed by atoms with Gasteiger partial charge in [-0.2, -0.15) is 0 Å². The van der Waals surface area contributed by atoms with E-state index >= 15 is 0 Å². The van der Waals surface area contributed by atoms with Gasteiger partial charge >= 0.3 is 0 Å². The number of anilines is 1. The van der Waals surface area contributed by atoms with Crippen molar-refractivity contribution in [2.75, 3.05) is 45.7 Å². The fourth-order valence-electron chi connectivity index (χ4n) is 2.97. The van der Waals surface area contributed by atoms with Crippen molar-refractivity contribution in [3.63, 3.8) is 0 Å². The molecular formula is C21H26N3O5+. The molecule has 0 fully saturated rings. The molecule has 154 valence electrons. The van der Waals surface area contributed by atoms with Crippen molar-refractivity contribution in [2.24, 2.45) is 0 Å². The number of nitrogens with one attached hydrogen (secondary N) is 3. The Bertz CT molecular complexity index is 858. The first-order valence-electron chi connectivity index (χ1n) is 9.44. The maximum atomic E-state index is 12.2. The summed E-state index contributed by atoms with van der Waals surface area (Å²) in [5.41, 5.74) is 0.654. The van der Waals surface area contributed by atoms with Gasteiger partial charge in [-0.15, -0.1) is 0 Å². The van der Waals surface area contributed by atoms with E-state index in [4.69, 9.17) is 14.2 Å². The first kappa shape index (κ1) is 20.5. The SMILES string of the molecule is COc1cccc(NC(=O)C[NH+](C)CC(=O)NC[C@H]2COc3ccccc3O2)c1. The minimum atomic E-state index is -0.245. The normalized spacial score (nSPS) is 15.9. The van der Waals surface area contributed by atoms with Crippen LogP contribution in [0.3, 0.4) is 0 Å². The van der Waals surface area contributed by atoms with Crippen LogP contribution in [0, 0.1) is 0 Å². The lowest BCUT2D eigenvalue weighted by molar-refractivity contribution is -0.862. The highest BCUT2D eigenvalue weighted by Crippen LogP contribution is 2.30. The number of methoxy groups -OCH3 is 1. The number of hydrogen-bond donors (Lipinski definition) is 3. The molecule has 0 saturated carbocycles. The molecule has 2 atom stereocenters. The second kappa shape index (κ2) is 9.79. The molecular weight excluding hydrogens is 374 g/mol. The Labute approximate surface area is 169 Å². The van der Waals surface area contributed by atoms with Crippen LogP contribution >= 0.6 is 0 Å². The molecule has 0 aromatic heterocycles. The van der Waals surface area contributed by atoms with Crippen molar-refractivity contribution >= 4 is 17.5 Å². The molecule has 1 aliphatic heterocycles. The highest BCUT2D eigenvalue weighted by Gasteiger charge is 2.22. The van der Waals surface area contributed by atoms with Crippen LogP contribution in [0.25, 0.3) is 0 Å². The average molecular weight is 400 g/mol. The third-order valence-corrected chi connectivity index (χ3v) is 4.37. The lowest BCUT2D eigenvalue weighted by Crippen LogP contribution is -3.11. The van der Waals surface area contributed by atoms with Crippen molar-refractivity contribution in [1.29, 1.82) is 0 Å². The highest BCUT2D eigenvalue weighted by molar-refractivity contribution is 5.91. The molecule has 8 nitrogen and oxygen atoms in total. The van der Waals surface area contributed by atoms with E-state index in [-0.39, 0.29) is 31.0 Å². The van der Waals surface area contributed by atoms with Gasteiger partial charge in [0.1, 0.15) is 18.5 Å². The minimum Gasteiger partial charge on any atom is -0.497 e. The third-order valence-electron chi connectivity index (χ3n) is 4.37. The van der Waals surface area contributed by atoms with Crippen LogP contribution in [0.2, 0.25) is 0 Å². The van der Waals surface area contributed by atoms with Gasteiger partial charge in [0.2, 0.25) is 0 Å². The molecule has 3 rings (SSSR count). The number of rotatable bonds is 8. The van der Waals surface area contributed by atoms with E-state index in [1.54, 1.807) is 38.4 Å². The molecule has 8 heteroatoms. The fraction of sp³-hybridized carbons (Fsp3) is 0.333. The van der Waals surface area contributed by atoms with Gasteiger partial charge in [0.05, 0.1) is 20.7 Å². The van der Waals surface area contributed by atoms with E-state index in [0.717, 1.165) is 4.90 Å². The lowest BCUT2D eigenvalue weighted by atomic mass is 10.2. The van der Waals surface area contributed by atoms with Crippen LogP contribution in [0.5, 0.6) is 17.2 Å². The molecule has 2 aromatic rings. The van der Waals surface area contributed by atoms with E-state index in [9.17, 15) is 9.59 Å². The molecule has 1 heterocycles. The van der Waals surface area contributed by atoms with Crippen LogP contribution in [0.4, 0.5) is 5.69 Å². The Morgan fingerprint density at radius 1 is 1.10 bits per heavy atom. The second-order valence-electron chi connectivity index (χ2n) is 6.89. The quantitative estimate of drug-likeness (QED) is 0.585. The van der Waals surface area contributed by atoms with Gasteiger partial charge in [-0.25, -0.2) is 0 Å². The Morgan fingerprint density at radius 3 is 2.66 bits per heavy atom. The van der Waals surface area contributed by atoms with Crippen LogP contribution in [0.15, 0.2) is 48.5 Å². The summed E-state index contributed by atoms with van der Waals surface area (Å²) in [7, 11) is 3.36. The van der Waals surface area contributed by atoms with E-state index in [2.05, 4.69) is 10.6 Å². The zero-order valence-corrected chi connectivity index (χ0v) is 16.6. The second-order valence-corrected chi connectivity index (χ2v) is 6.89. The number of carbonyl (C=O) groups is 2. The Morgan fingerprint density at radius 2 is 1.86 bits per heavy atom. The number of ether oxygens (including phenoxy) is 3. The minimum absolute atomic E-state index is 0.154. The summed E-state index contributed by atoms with van der Waals surface area (Å²) in [6, 6.07) is 14.6. The zero-order chi connectivity index (χ0) is 20.6. The van der Waals surface area contributed by atoms with Crippen LogP contribution in [-0.4, -0.2) is 58.3 Å². The first-order valence-corrected chi connectivity index (χ1v) is 9.44. The number of amides is 2. The van der Waals surface area contributed by atoms with Crippen molar-refractivity contribution < 1.29 is 28.7 Å². The third kappa shape index (κ3) is 6.11. The topological polar surface area (TPSA) is 90.3 Å². The molecule has 1 unspecified atom stereocenters. The predicted molar refractivity (Wildman–Crippen MR) is 108 cm³/mol. The van der Waals surface area contributed by atoms with Crippen molar-refractivity contribution in [3.8, 4) is 17.2 Å². The Hall–Kier alpha value is -3.26. The van der Waals surface area contributed by atoms with Crippen molar-refractivity contribution in [1.82, 2.24) is 5.32 Å². The number of quaternary nitrogens is 1. The van der Waals surface area contributed by atoms with Crippen molar-refractivity contribution in [3.05, 3.63) is 48.5 Å². The highest BCUT2D eigenvalue weighted by atomic mass is 16.6. The largest absolute Gasteiger partial charge is 0.497 e. The molecule has 0 bridgehead atoms. The molecule has 29 heavy (non-hydrogen) atoms.